The summed E-state index contributed by atoms with van der Waals surface area (Å²) in [7, 11) is 1.64. The third-order valence-electron chi connectivity index (χ3n) is 2.41. The molecular weight excluding hydrogens is 216 g/mol. The van der Waals surface area contributed by atoms with Crippen molar-refractivity contribution in [1.82, 2.24) is 10.9 Å². The van der Waals surface area contributed by atoms with Gasteiger partial charge in [-0.2, -0.15) is 0 Å². The van der Waals surface area contributed by atoms with Crippen molar-refractivity contribution in [3.63, 3.8) is 0 Å². The standard InChI is InChI=1S/C13H20N2O2/c1-10(2)12-6-4-11(5-7-12)8-17-9-13(16)15-14-3/h4-7,10,14H,8-9H2,1-3H3,(H,15,16). The molecule has 0 aliphatic rings. The Morgan fingerprint density at radius 1 is 1.29 bits per heavy atom. The van der Waals surface area contributed by atoms with Crippen molar-refractivity contribution < 1.29 is 9.53 Å². The number of amides is 1. The molecule has 17 heavy (non-hydrogen) atoms. The van der Waals surface area contributed by atoms with E-state index in [1.54, 1.807) is 7.05 Å². The Kier molecular flexibility index (Phi) is 5.66. The summed E-state index contributed by atoms with van der Waals surface area (Å²) in [5.74, 6) is 0.359. The van der Waals surface area contributed by atoms with Crippen molar-refractivity contribution in [3.8, 4) is 0 Å². The minimum absolute atomic E-state index is 0.0623. The molecule has 0 heterocycles. The molecule has 0 spiro atoms. The molecule has 4 heteroatoms. The summed E-state index contributed by atoms with van der Waals surface area (Å²) >= 11 is 0. The van der Waals surface area contributed by atoms with Crippen LogP contribution in [0.25, 0.3) is 0 Å². The summed E-state index contributed by atoms with van der Waals surface area (Å²) in [4.78, 5) is 11.1. The van der Waals surface area contributed by atoms with E-state index in [-0.39, 0.29) is 12.5 Å². The van der Waals surface area contributed by atoms with E-state index >= 15 is 0 Å². The number of rotatable bonds is 6. The molecule has 0 unspecified atom stereocenters. The maximum absolute atomic E-state index is 11.1. The smallest absolute Gasteiger partial charge is 0.260 e. The molecule has 0 radical (unpaired) electrons. The Morgan fingerprint density at radius 3 is 2.47 bits per heavy atom. The van der Waals surface area contributed by atoms with Gasteiger partial charge in [0.2, 0.25) is 0 Å². The lowest BCUT2D eigenvalue weighted by atomic mass is 10.0. The largest absolute Gasteiger partial charge is 0.367 e. The molecule has 0 saturated carbocycles. The quantitative estimate of drug-likeness (QED) is 0.737. The third kappa shape index (κ3) is 4.97. The van der Waals surface area contributed by atoms with E-state index in [1.165, 1.54) is 5.56 Å². The van der Waals surface area contributed by atoms with Crippen LogP contribution in [0.4, 0.5) is 0 Å². The molecule has 94 valence electrons. The van der Waals surface area contributed by atoms with Crippen molar-refractivity contribution in [1.29, 1.82) is 0 Å². The summed E-state index contributed by atoms with van der Waals surface area (Å²) in [6.45, 7) is 4.84. The Bertz CT molecular complexity index is 347. The highest BCUT2D eigenvalue weighted by Crippen LogP contribution is 2.14. The van der Waals surface area contributed by atoms with E-state index in [1.807, 2.05) is 12.1 Å². The van der Waals surface area contributed by atoms with Crippen LogP contribution in [0, 0.1) is 0 Å². The summed E-state index contributed by atoms with van der Waals surface area (Å²) < 4.78 is 5.28. The molecule has 1 amide bonds. The van der Waals surface area contributed by atoms with Crippen LogP contribution in [0.2, 0.25) is 0 Å². The highest BCUT2D eigenvalue weighted by molar-refractivity contribution is 5.76. The highest BCUT2D eigenvalue weighted by Gasteiger charge is 2.01. The molecule has 0 aliphatic carbocycles. The average molecular weight is 236 g/mol. The van der Waals surface area contributed by atoms with Crippen molar-refractivity contribution in [2.75, 3.05) is 13.7 Å². The van der Waals surface area contributed by atoms with E-state index in [0.29, 0.717) is 12.5 Å². The van der Waals surface area contributed by atoms with Gasteiger partial charge >= 0.3 is 0 Å². The Hall–Kier alpha value is -1.39. The molecule has 0 aliphatic heterocycles. The molecule has 0 aromatic heterocycles. The van der Waals surface area contributed by atoms with Crippen molar-refractivity contribution in [2.45, 2.75) is 26.4 Å². The molecular formula is C13H20N2O2. The summed E-state index contributed by atoms with van der Waals surface area (Å²) in [5.41, 5.74) is 7.38. The second-order valence-corrected chi connectivity index (χ2v) is 4.19. The second-order valence-electron chi connectivity index (χ2n) is 4.19. The van der Waals surface area contributed by atoms with Crippen LogP contribution >= 0.6 is 0 Å². The summed E-state index contributed by atoms with van der Waals surface area (Å²) in [5, 5.41) is 0. The third-order valence-corrected chi connectivity index (χ3v) is 2.41. The van der Waals surface area contributed by atoms with Gasteiger partial charge < -0.3 is 4.74 Å². The topological polar surface area (TPSA) is 50.4 Å². The number of benzene rings is 1. The minimum atomic E-state index is -0.175. The first kappa shape index (κ1) is 13.7. The van der Waals surface area contributed by atoms with Crippen molar-refractivity contribution >= 4 is 5.91 Å². The fraction of sp³-hybridized carbons (Fsp3) is 0.462. The number of hydrazine groups is 1. The van der Waals surface area contributed by atoms with E-state index in [2.05, 4.69) is 36.8 Å². The van der Waals surface area contributed by atoms with Gasteiger partial charge in [-0.25, -0.2) is 5.43 Å². The number of carbonyl (C=O) groups is 1. The fourth-order valence-electron chi connectivity index (χ4n) is 1.44. The van der Waals surface area contributed by atoms with Gasteiger partial charge in [-0.05, 0) is 17.0 Å². The molecule has 0 bridgehead atoms. The lowest BCUT2D eigenvalue weighted by Crippen LogP contribution is -2.36. The first-order valence-electron chi connectivity index (χ1n) is 5.75. The van der Waals surface area contributed by atoms with E-state index < -0.39 is 0 Å². The lowest BCUT2D eigenvalue weighted by molar-refractivity contribution is -0.126. The summed E-state index contributed by atoms with van der Waals surface area (Å²) in [6.07, 6.45) is 0. The molecule has 1 aromatic carbocycles. The SMILES string of the molecule is CNNC(=O)COCc1ccc(C(C)C)cc1. The van der Waals surface area contributed by atoms with Gasteiger partial charge in [0.1, 0.15) is 6.61 Å². The Morgan fingerprint density at radius 2 is 1.94 bits per heavy atom. The zero-order valence-corrected chi connectivity index (χ0v) is 10.6. The lowest BCUT2D eigenvalue weighted by Gasteiger charge is -2.07. The Labute approximate surface area is 102 Å². The normalized spacial score (nSPS) is 10.6. The van der Waals surface area contributed by atoms with Crippen LogP contribution in [0.1, 0.15) is 30.9 Å². The van der Waals surface area contributed by atoms with Crippen molar-refractivity contribution in [3.05, 3.63) is 35.4 Å². The van der Waals surface area contributed by atoms with Gasteiger partial charge in [-0.3, -0.25) is 10.2 Å². The van der Waals surface area contributed by atoms with Crippen LogP contribution in [0.3, 0.4) is 0 Å². The van der Waals surface area contributed by atoms with Gasteiger partial charge in [-0.1, -0.05) is 38.1 Å². The first-order valence-corrected chi connectivity index (χ1v) is 5.75. The number of ether oxygens (including phenoxy) is 1. The maximum Gasteiger partial charge on any atom is 0.260 e. The average Bonchev–Trinajstić information content (AvgIpc) is 2.30. The Balaban J connectivity index is 2.35. The predicted molar refractivity (Wildman–Crippen MR) is 67.4 cm³/mol. The molecule has 1 rings (SSSR count). The zero-order chi connectivity index (χ0) is 12.7. The fourth-order valence-corrected chi connectivity index (χ4v) is 1.44. The van der Waals surface area contributed by atoms with E-state index in [9.17, 15) is 4.79 Å². The second kappa shape index (κ2) is 7.04. The molecule has 2 N–H and O–H groups in total. The zero-order valence-electron chi connectivity index (χ0n) is 10.6. The van der Waals surface area contributed by atoms with Crippen LogP contribution in [-0.4, -0.2) is 19.6 Å². The van der Waals surface area contributed by atoms with E-state index in [4.69, 9.17) is 4.74 Å². The molecule has 0 saturated heterocycles. The van der Waals surface area contributed by atoms with Gasteiger partial charge in [0.25, 0.3) is 5.91 Å². The van der Waals surface area contributed by atoms with Gasteiger partial charge in [0.15, 0.2) is 0 Å². The van der Waals surface area contributed by atoms with Crippen LogP contribution in [-0.2, 0) is 16.1 Å². The highest BCUT2D eigenvalue weighted by atomic mass is 16.5. The predicted octanol–water partition coefficient (Wildman–Crippen LogP) is 1.58. The summed E-state index contributed by atoms with van der Waals surface area (Å²) in [6, 6.07) is 8.25. The number of nitrogens with one attached hydrogen (secondary N) is 2. The first-order chi connectivity index (χ1) is 8.13. The van der Waals surface area contributed by atoms with Gasteiger partial charge in [0, 0.05) is 7.05 Å². The molecule has 0 fully saturated rings. The monoisotopic (exact) mass is 236 g/mol. The van der Waals surface area contributed by atoms with Crippen molar-refractivity contribution in [2.24, 2.45) is 0 Å². The van der Waals surface area contributed by atoms with Gasteiger partial charge in [0.05, 0.1) is 6.61 Å². The molecule has 4 nitrogen and oxygen atoms in total. The number of carbonyl (C=O) groups excluding carboxylic acids is 1. The number of hydrogen-bond donors (Lipinski definition) is 2. The van der Waals surface area contributed by atoms with Crippen LogP contribution in [0.15, 0.2) is 24.3 Å². The molecule has 0 atom stereocenters. The van der Waals surface area contributed by atoms with Crippen LogP contribution in [0.5, 0.6) is 0 Å². The number of hydrogen-bond acceptors (Lipinski definition) is 3. The van der Waals surface area contributed by atoms with Crippen LogP contribution < -0.4 is 10.9 Å². The van der Waals surface area contributed by atoms with Gasteiger partial charge in [-0.15, -0.1) is 0 Å². The van der Waals surface area contributed by atoms with E-state index in [0.717, 1.165) is 5.56 Å². The molecule has 1 aromatic rings. The maximum atomic E-state index is 11.1. The minimum Gasteiger partial charge on any atom is -0.367 e.